The fourth-order valence-corrected chi connectivity index (χ4v) is 2.74. The number of rotatable bonds is 0. The molecule has 0 saturated carbocycles. The molecule has 2 fully saturated rings. The molecule has 3 aliphatic rings. The van der Waals surface area contributed by atoms with Crippen molar-refractivity contribution >= 4 is 11.9 Å². The van der Waals surface area contributed by atoms with Crippen LogP contribution in [0.3, 0.4) is 0 Å². The summed E-state index contributed by atoms with van der Waals surface area (Å²) in [5, 5.41) is 14.1. The fraction of sp³-hybridized carbons (Fsp3) is 0.750. The van der Waals surface area contributed by atoms with Gasteiger partial charge >= 0.3 is 0 Å². The Bertz CT molecular complexity index is 324. The van der Waals surface area contributed by atoms with Gasteiger partial charge in [0.15, 0.2) is 11.9 Å². The Morgan fingerprint density at radius 3 is 3.36 bits per heavy atom. The molecule has 0 amide bonds. The molecular weight excluding hydrogens is 180 g/mol. The van der Waals surface area contributed by atoms with E-state index >= 15 is 0 Å². The Morgan fingerprint density at radius 1 is 1.64 bits per heavy atom. The van der Waals surface area contributed by atoms with Crippen LogP contribution >= 0.6 is 0 Å². The van der Waals surface area contributed by atoms with Gasteiger partial charge in [0.25, 0.3) is 0 Å². The van der Waals surface area contributed by atoms with Gasteiger partial charge < -0.3 is 21.3 Å². The first-order chi connectivity index (χ1) is 6.72. The van der Waals surface area contributed by atoms with Gasteiger partial charge in [-0.05, 0) is 12.8 Å². The number of hydrogen-bond acceptors (Lipinski definition) is 4. The summed E-state index contributed by atoms with van der Waals surface area (Å²) in [5.41, 5.74) is 5.52. The number of nitrogens with two attached hydrogens (primary N) is 1. The largest absolute Gasteiger partial charge is 0.370 e. The van der Waals surface area contributed by atoms with E-state index in [2.05, 4.69) is 15.6 Å². The van der Waals surface area contributed by atoms with Crippen LogP contribution in [0.5, 0.6) is 0 Å². The first-order valence-electron chi connectivity index (χ1n) is 4.94. The van der Waals surface area contributed by atoms with Gasteiger partial charge in [-0.3, -0.25) is 5.41 Å². The third-order valence-corrected chi connectivity index (χ3v) is 3.34. The summed E-state index contributed by atoms with van der Waals surface area (Å²) in [6.45, 7) is 1.63. The number of nitrogens with one attached hydrogen (secondary N) is 3. The Morgan fingerprint density at radius 2 is 2.50 bits per heavy atom. The molecule has 2 atom stereocenters. The third-order valence-electron chi connectivity index (χ3n) is 3.34. The Balaban J connectivity index is 2.01. The van der Waals surface area contributed by atoms with Gasteiger partial charge in [-0.25, -0.2) is 4.99 Å². The molecule has 14 heavy (non-hydrogen) atoms. The number of aliphatic imine (C=N–C) groups is 1. The van der Waals surface area contributed by atoms with Crippen molar-refractivity contribution in [3.8, 4) is 0 Å². The molecule has 6 heteroatoms. The zero-order chi connectivity index (χ0) is 9.76. The van der Waals surface area contributed by atoms with Crippen molar-refractivity contribution in [2.24, 2.45) is 10.7 Å². The molecule has 0 aromatic carbocycles. The molecule has 2 saturated heterocycles. The number of nitrogens with zero attached hydrogens (tertiary/aromatic N) is 2. The molecule has 0 bridgehead atoms. The highest BCUT2D eigenvalue weighted by Gasteiger charge is 2.54. The lowest BCUT2D eigenvalue weighted by molar-refractivity contribution is 0.154. The van der Waals surface area contributed by atoms with Crippen LogP contribution in [-0.4, -0.2) is 41.6 Å². The molecule has 76 valence electrons. The first kappa shape index (κ1) is 7.90. The van der Waals surface area contributed by atoms with E-state index in [4.69, 9.17) is 11.1 Å². The van der Waals surface area contributed by atoms with Crippen LogP contribution in [0.1, 0.15) is 12.8 Å². The maximum Gasteiger partial charge on any atom is 0.193 e. The van der Waals surface area contributed by atoms with Gasteiger partial charge in [0.1, 0.15) is 11.7 Å². The lowest BCUT2D eigenvalue weighted by atomic mass is 9.97. The summed E-state index contributed by atoms with van der Waals surface area (Å²) in [6.07, 6.45) is 2.11. The van der Waals surface area contributed by atoms with Crippen molar-refractivity contribution in [3.05, 3.63) is 0 Å². The van der Waals surface area contributed by atoms with Crippen LogP contribution in [0.2, 0.25) is 0 Å². The average Bonchev–Trinajstić information content (AvgIpc) is 2.67. The first-order valence-corrected chi connectivity index (χ1v) is 4.94. The van der Waals surface area contributed by atoms with Gasteiger partial charge in [0, 0.05) is 13.1 Å². The zero-order valence-electron chi connectivity index (χ0n) is 7.88. The fourth-order valence-electron chi connectivity index (χ4n) is 2.74. The van der Waals surface area contributed by atoms with Crippen molar-refractivity contribution in [3.63, 3.8) is 0 Å². The normalized spacial score (nSPS) is 39.7. The van der Waals surface area contributed by atoms with Crippen LogP contribution < -0.4 is 16.4 Å². The van der Waals surface area contributed by atoms with Crippen LogP contribution in [0, 0.1) is 5.41 Å². The topological polar surface area (TPSA) is 89.5 Å². The van der Waals surface area contributed by atoms with Gasteiger partial charge in [0.2, 0.25) is 0 Å². The number of guanidine groups is 2. The quantitative estimate of drug-likeness (QED) is 0.382. The second kappa shape index (κ2) is 2.31. The maximum atomic E-state index is 7.81. The van der Waals surface area contributed by atoms with E-state index in [1.54, 1.807) is 0 Å². The zero-order valence-corrected chi connectivity index (χ0v) is 7.88. The van der Waals surface area contributed by atoms with Gasteiger partial charge in [-0.2, -0.15) is 0 Å². The highest BCUT2D eigenvalue weighted by Crippen LogP contribution is 2.35. The van der Waals surface area contributed by atoms with Crippen LogP contribution in [0.25, 0.3) is 0 Å². The highest BCUT2D eigenvalue weighted by molar-refractivity contribution is 5.86. The lowest BCUT2D eigenvalue weighted by Crippen LogP contribution is -2.69. The van der Waals surface area contributed by atoms with Gasteiger partial charge in [-0.1, -0.05) is 0 Å². The molecule has 0 aromatic heterocycles. The summed E-state index contributed by atoms with van der Waals surface area (Å²) in [6, 6.07) is 0.152. The highest BCUT2D eigenvalue weighted by atomic mass is 15.5. The van der Waals surface area contributed by atoms with Crippen molar-refractivity contribution in [2.45, 2.75) is 24.5 Å². The third kappa shape index (κ3) is 0.759. The minimum atomic E-state index is -0.188. The van der Waals surface area contributed by atoms with E-state index < -0.39 is 0 Å². The molecule has 5 N–H and O–H groups in total. The summed E-state index contributed by atoms with van der Waals surface area (Å²) >= 11 is 0. The van der Waals surface area contributed by atoms with Crippen LogP contribution in [-0.2, 0) is 0 Å². The predicted molar refractivity (Wildman–Crippen MR) is 52.9 cm³/mol. The lowest BCUT2D eigenvalue weighted by Gasteiger charge is -2.44. The molecule has 3 heterocycles. The smallest absolute Gasteiger partial charge is 0.193 e. The minimum Gasteiger partial charge on any atom is -0.370 e. The van der Waals surface area contributed by atoms with E-state index in [0.29, 0.717) is 18.5 Å². The molecule has 3 rings (SSSR count). The molecule has 0 aliphatic carbocycles. The van der Waals surface area contributed by atoms with E-state index in [1.807, 2.05) is 4.90 Å². The minimum absolute atomic E-state index is 0.152. The second-order valence-corrected chi connectivity index (χ2v) is 4.06. The summed E-state index contributed by atoms with van der Waals surface area (Å²) in [5.74, 6) is 1.01. The van der Waals surface area contributed by atoms with E-state index in [-0.39, 0.29) is 11.7 Å². The molecule has 2 unspecified atom stereocenters. The molecule has 0 aromatic rings. The summed E-state index contributed by atoms with van der Waals surface area (Å²) in [4.78, 5) is 6.41. The molecular formula is C8H14N6. The second-order valence-electron chi connectivity index (χ2n) is 4.06. The van der Waals surface area contributed by atoms with E-state index in [9.17, 15) is 0 Å². The Hall–Kier alpha value is -1.46. The standard InChI is InChI=1S/C8H14N6/c9-6-12-5-4-11-7(10)14-3-1-2-8(5,14)13-6/h5H,1-4H2,(H2,10,11)(H3,9,12,13). The Kier molecular flexibility index (Phi) is 1.31. The molecule has 0 radical (unpaired) electrons. The molecule has 3 aliphatic heterocycles. The van der Waals surface area contributed by atoms with Crippen molar-refractivity contribution in [2.75, 3.05) is 13.1 Å². The SMILES string of the molecule is N=C1NCC2N=C(N)NC23CCCN13. The molecule has 1 spiro atoms. The van der Waals surface area contributed by atoms with Crippen LogP contribution in [0.15, 0.2) is 4.99 Å². The van der Waals surface area contributed by atoms with Crippen molar-refractivity contribution < 1.29 is 0 Å². The molecule has 6 nitrogen and oxygen atoms in total. The van der Waals surface area contributed by atoms with Gasteiger partial charge in [0.05, 0.1) is 0 Å². The maximum absolute atomic E-state index is 7.81. The van der Waals surface area contributed by atoms with E-state index in [0.717, 1.165) is 19.4 Å². The average molecular weight is 194 g/mol. The van der Waals surface area contributed by atoms with Crippen LogP contribution in [0.4, 0.5) is 0 Å². The summed E-state index contributed by atoms with van der Waals surface area (Å²) in [7, 11) is 0. The Labute approximate surface area is 82.1 Å². The van der Waals surface area contributed by atoms with Crippen molar-refractivity contribution in [1.82, 2.24) is 15.5 Å². The monoisotopic (exact) mass is 194 g/mol. The number of hydrogen-bond donors (Lipinski definition) is 4. The van der Waals surface area contributed by atoms with Crippen molar-refractivity contribution in [1.29, 1.82) is 5.41 Å². The van der Waals surface area contributed by atoms with E-state index in [1.165, 1.54) is 0 Å². The predicted octanol–water partition coefficient (Wildman–Crippen LogP) is -1.40. The van der Waals surface area contributed by atoms with Gasteiger partial charge in [-0.15, -0.1) is 0 Å². The summed E-state index contributed by atoms with van der Waals surface area (Å²) < 4.78 is 0.